The number of hydrogen-bond donors (Lipinski definition) is 1. The van der Waals surface area contributed by atoms with Gasteiger partial charge in [-0.3, -0.25) is 4.90 Å². The van der Waals surface area contributed by atoms with E-state index >= 15 is 0 Å². The predicted molar refractivity (Wildman–Crippen MR) is 66.3 cm³/mol. The van der Waals surface area contributed by atoms with Crippen LogP contribution in [0.25, 0.3) is 0 Å². The van der Waals surface area contributed by atoms with Gasteiger partial charge >= 0.3 is 0 Å². The minimum Gasteiger partial charge on any atom is -0.398 e. The number of hydrogen-bond acceptors (Lipinski definition) is 3. The van der Waals surface area contributed by atoms with Crippen molar-refractivity contribution in [3.63, 3.8) is 0 Å². The number of nitrogens with zero attached hydrogens (tertiary/aromatic N) is 1. The van der Waals surface area contributed by atoms with E-state index in [-0.39, 0.29) is 0 Å². The van der Waals surface area contributed by atoms with Crippen LogP contribution in [-0.4, -0.2) is 31.2 Å². The standard InChI is InChI=1S/C13H20N2O/c1-10(16-2)8-15-7-6-12-11(9-15)4-3-5-13(12)14/h3-5,10H,6-9,14H2,1-2H3. The lowest BCUT2D eigenvalue weighted by Gasteiger charge is -2.31. The summed E-state index contributed by atoms with van der Waals surface area (Å²) in [6.45, 7) is 5.17. The van der Waals surface area contributed by atoms with Crippen LogP contribution in [-0.2, 0) is 17.7 Å². The molecule has 0 fully saturated rings. The van der Waals surface area contributed by atoms with Crippen molar-refractivity contribution in [3.05, 3.63) is 29.3 Å². The maximum atomic E-state index is 5.97. The van der Waals surface area contributed by atoms with Gasteiger partial charge in [-0.25, -0.2) is 0 Å². The van der Waals surface area contributed by atoms with Gasteiger partial charge in [0.2, 0.25) is 0 Å². The van der Waals surface area contributed by atoms with Crippen molar-refractivity contribution >= 4 is 5.69 Å². The van der Waals surface area contributed by atoms with E-state index in [1.165, 1.54) is 11.1 Å². The largest absolute Gasteiger partial charge is 0.398 e. The van der Waals surface area contributed by atoms with Gasteiger partial charge in [0.05, 0.1) is 6.10 Å². The van der Waals surface area contributed by atoms with Gasteiger partial charge < -0.3 is 10.5 Å². The van der Waals surface area contributed by atoms with Gasteiger partial charge in [-0.1, -0.05) is 12.1 Å². The smallest absolute Gasteiger partial charge is 0.0670 e. The minimum absolute atomic E-state index is 0.294. The highest BCUT2D eigenvalue weighted by molar-refractivity contribution is 5.51. The van der Waals surface area contributed by atoms with Crippen molar-refractivity contribution in [3.8, 4) is 0 Å². The summed E-state index contributed by atoms with van der Waals surface area (Å²) in [5, 5.41) is 0. The summed E-state index contributed by atoms with van der Waals surface area (Å²) in [4.78, 5) is 2.43. The Balaban J connectivity index is 2.06. The lowest BCUT2D eigenvalue weighted by Crippen LogP contribution is -2.36. The fraction of sp³-hybridized carbons (Fsp3) is 0.538. The molecule has 0 spiro atoms. The molecule has 0 aliphatic carbocycles. The van der Waals surface area contributed by atoms with Crippen LogP contribution in [0, 0.1) is 0 Å². The Kier molecular flexibility index (Phi) is 3.46. The normalized spacial score (nSPS) is 18.1. The summed E-state index contributed by atoms with van der Waals surface area (Å²) in [6, 6.07) is 6.21. The fourth-order valence-corrected chi connectivity index (χ4v) is 2.29. The Morgan fingerprint density at radius 3 is 3.06 bits per heavy atom. The average molecular weight is 220 g/mol. The van der Waals surface area contributed by atoms with E-state index in [9.17, 15) is 0 Å². The third kappa shape index (κ3) is 2.36. The number of benzene rings is 1. The average Bonchev–Trinajstić information content (AvgIpc) is 2.29. The van der Waals surface area contributed by atoms with Crippen molar-refractivity contribution < 1.29 is 4.74 Å². The van der Waals surface area contributed by atoms with Crippen molar-refractivity contribution in [2.45, 2.75) is 26.0 Å². The molecule has 1 unspecified atom stereocenters. The first-order chi connectivity index (χ1) is 7.70. The molecule has 1 heterocycles. The fourth-order valence-electron chi connectivity index (χ4n) is 2.29. The molecular weight excluding hydrogens is 200 g/mol. The Morgan fingerprint density at radius 1 is 1.50 bits per heavy atom. The second kappa shape index (κ2) is 4.85. The molecule has 1 aliphatic heterocycles. The molecule has 1 aromatic carbocycles. The van der Waals surface area contributed by atoms with Gasteiger partial charge in [-0.15, -0.1) is 0 Å². The minimum atomic E-state index is 0.294. The van der Waals surface area contributed by atoms with Gasteiger partial charge in [-0.05, 0) is 30.5 Å². The molecule has 3 heteroatoms. The SMILES string of the molecule is COC(C)CN1CCc2c(N)cccc2C1. The highest BCUT2D eigenvalue weighted by Gasteiger charge is 2.18. The zero-order valence-corrected chi connectivity index (χ0v) is 10.1. The van der Waals surface area contributed by atoms with Crippen LogP contribution >= 0.6 is 0 Å². The third-order valence-electron chi connectivity index (χ3n) is 3.30. The van der Waals surface area contributed by atoms with E-state index in [1.54, 1.807) is 7.11 Å². The Labute approximate surface area is 97.2 Å². The molecule has 1 aliphatic rings. The molecule has 0 radical (unpaired) electrons. The number of nitrogen functional groups attached to an aromatic ring is 1. The number of rotatable bonds is 3. The number of fused-ring (bicyclic) bond motifs is 1. The second-order valence-electron chi connectivity index (χ2n) is 4.52. The molecular formula is C13H20N2O. The molecule has 88 valence electrons. The van der Waals surface area contributed by atoms with Crippen LogP contribution in [0.3, 0.4) is 0 Å². The molecule has 0 amide bonds. The molecule has 1 aromatic rings. The zero-order chi connectivity index (χ0) is 11.5. The summed E-state index contributed by atoms with van der Waals surface area (Å²) < 4.78 is 5.30. The highest BCUT2D eigenvalue weighted by atomic mass is 16.5. The molecule has 0 aromatic heterocycles. The molecule has 2 rings (SSSR count). The predicted octanol–water partition coefficient (Wildman–Crippen LogP) is 1.66. The Hall–Kier alpha value is -1.06. The van der Waals surface area contributed by atoms with Crippen LogP contribution < -0.4 is 5.73 Å². The van der Waals surface area contributed by atoms with Crippen molar-refractivity contribution in [2.75, 3.05) is 25.9 Å². The van der Waals surface area contributed by atoms with E-state index in [0.29, 0.717) is 6.10 Å². The number of anilines is 1. The van der Waals surface area contributed by atoms with Crippen molar-refractivity contribution in [2.24, 2.45) is 0 Å². The van der Waals surface area contributed by atoms with Gasteiger partial charge in [0, 0.05) is 32.4 Å². The van der Waals surface area contributed by atoms with E-state index in [4.69, 9.17) is 10.5 Å². The molecule has 2 N–H and O–H groups in total. The van der Waals surface area contributed by atoms with E-state index < -0.39 is 0 Å². The van der Waals surface area contributed by atoms with Gasteiger partial charge in [0.25, 0.3) is 0 Å². The van der Waals surface area contributed by atoms with Crippen LogP contribution in [0.2, 0.25) is 0 Å². The molecule has 16 heavy (non-hydrogen) atoms. The van der Waals surface area contributed by atoms with E-state index in [2.05, 4.69) is 17.9 Å². The Morgan fingerprint density at radius 2 is 2.31 bits per heavy atom. The van der Waals surface area contributed by atoms with E-state index in [1.807, 2.05) is 12.1 Å². The summed E-state index contributed by atoms with van der Waals surface area (Å²) in [7, 11) is 1.76. The molecule has 0 bridgehead atoms. The maximum Gasteiger partial charge on any atom is 0.0670 e. The van der Waals surface area contributed by atoms with Crippen LogP contribution in [0.15, 0.2) is 18.2 Å². The maximum absolute atomic E-state index is 5.97. The quantitative estimate of drug-likeness (QED) is 0.787. The first kappa shape index (κ1) is 11.4. The van der Waals surface area contributed by atoms with Crippen LogP contribution in [0.5, 0.6) is 0 Å². The summed E-state index contributed by atoms with van der Waals surface area (Å²) >= 11 is 0. The Bertz CT molecular complexity index is 365. The summed E-state index contributed by atoms with van der Waals surface area (Å²) in [5.74, 6) is 0. The van der Waals surface area contributed by atoms with Crippen LogP contribution in [0.1, 0.15) is 18.1 Å². The highest BCUT2D eigenvalue weighted by Crippen LogP contribution is 2.24. The summed E-state index contributed by atoms with van der Waals surface area (Å²) in [6.07, 6.45) is 1.35. The first-order valence-corrected chi connectivity index (χ1v) is 5.82. The topological polar surface area (TPSA) is 38.5 Å². The zero-order valence-electron chi connectivity index (χ0n) is 10.1. The van der Waals surface area contributed by atoms with Gasteiger partial charge in [0.1, 0.15) is 0 Å². The number of nitrogens with two attached hydrogens (primary N) is 1. The summed E-state index contributed by atoms with van der Waals surface area (Å²) in [5.41, 5.74) is 9.62. The molecule has 3 nitrogen and oxygen atoms in total. The molecule has 1 atom stereocenters. The number of ether oxygens (including phenoxy) is 1. The lowest BCUT2D eigenvalue weighted by molar-refractivity contribution is 0.0724. The van der Waals surface area contributed by atoms with Crippen LogP contribution in [0.4, 0.5) is 5.69 Å². The van der Waals surface area contributed by atoms with Gasteiger partial charge in [-0.2, -0.15) is 0 Å². The lowest BCUT2D eigenvalue weighted by atomic mass is 9.98. The monoisotopic (exact) mass is 220 g/mol. The van der Waals surface area contributed by atoms with E-state index in [0.717, 1.165) is 31.7 Å². The first-order valence-electron chi connectivity index (χ1n) is 5.82. The molecule has 0 saturated carbocycles. The molecule has 0 saturated heterocycles. The van der Waals surface area contributed by atoms with Gasteiger partial charge in [0.15, 0.2) is 0 Å². The van der Waals surface area contributed by atoms with Crippen molar-refractivity contribution in [1.29, 1.82) is 0 Å². The third-order valence-corrected chi connectivity index (χ3v) is 3.30. The second-order valence-corrected chi connectivity index (χ2v) is 4.52. The van der Waals surface area contributed by atoms with Crippen molar-refractivity contribution in [1.82, 2.24) is 4.90 Å². The number of methoxy groups -OCH3 is 1.